The highest BCUT2D eigenvalue weighted by Crippen LogP contribution is 2.10. The smallest absolute Gasteiger partial charge is 0.246 e. The van der Waals surface area contributed by atoms with Crippen LogP contribution in [0.1, 0.15) is 26.2 Å². The summed E-state index contributed by atoms with van der Waals surface area (Å²) in [5.74, 6) is 0.177. The molecule has 13 heavy (non-hydrogen) atoms. The van der Waals surface area contributed by atoms with Crippen LogP contribution in [0.2, 0.25) is 0 Å². The molecule has 0 bridgehead atoms. The minimum Gasteiger partial charge on any atom is -0.303 e. The van der Waals surface area contributed by atoms with Crippen LogP contribution in [0.5, 0.6) is 0 Å². The van der Waals surface area contributed by atoms with E-state index in [1.165, 1.54) is 12.2 Å². The second-order valence-corrected chi connectivity index (χ2v) is 3.13. The molecule has 4 nitrogen and oxygen atoms in total. The van der Waals surface area contributed by atoms with E-state index in [0.29, 0.717) is 12.8 Å². The van der Waals surface area contributed by atoms with E-state index < -0.39 is 0 Å². The predicted molar refractivity (Wildman–Crippen MR) is 48.9 cm³/mol. The van der Waals surface area contributed by atoms with E-state index in [1.54, 1.807) is 7.05 Å². The summed E-state index contributed by atoms with van der Waals surface area (Å²) >= 11 is 0. The molecule has 0 N–H and O–H groups in total. The van der Waals surface area contributed by atoms with Crippen molar-refractivity contribution in [3.8, 4) is 0 Å². The van der Waals surface area contributed by atoms with Gasteiger partial charge in [-0.25, -0.2) is 5.06 Å². The van der Waals surface area contributed by atoms with Gasteiger partial charge in [-0.1, -0.05) is 6.92 Å². The summed E-state index contributed by atoms with van der Waals surface area (Å²) in [4.78, 5) is 26.1. The van der Waals surface area contributed by atoms with Gasteiger partial charge in [0.15, 0.2) is 0 Å². The van der Waals surface area contributed by atoms with Crippen molar-refractivity contribution in [2.24, 2.45) is 5.92 Å². The fourth-order valence-electron chi connectivity index (χ4n) is 0.983. The molecule has 0 aromatic carbocycles. The molecule has 1 amide bonds. The second kappa shape index (κ2) is 6.60. The van der Waals surface area contributed by atoms with Crippen molar-refractivity contribution in [1.29, 1.82) is 0 Å². The van der Waals surface area contributed by atoms with Crippen molar-refractivity contribution in [1.82, 2.24) is 5.06 Å². The third kappa shape index (κ3) is 5.36. The summed E-state index contributed by atoms with van der Waals surface area (Å²) in [7, 11) is 3.03. The molecule has 0 saturated heterocycles. The van der Waals surface area contributed by atoms with Crippen LogP contribution in [0.3, 0.4) is 0 Å². The van der Waals surface area contributed by atoms with Gasteiger partial charge in [0.25, 0.3) is 0 Å². The molecule has 76 valence electrons. The van der Waals surface area contributed by atoms with Crippen molar-refractivity contribution < 1.29 is 14.4 Å². The number of nitrogens with zero attached hydrogens (tertiary/aromatic N) is 1. The maximum absolute atomic E-state index is 11.3. The van der Waals surface area contributed by atoms with E-state index in [-0.39, 0.29) is 11.8 Å². The minimum atomic E-state index is -0.0547. The lowest BCUT2D eigenvalue weighted by Crippen LogP contribution is -2.26. The standard InChI is InChI=1S/C9H17NO3/c1-8(5-4-6-11)7-9(12)10(2)13-3/h6,8H,4-5,7H2,1-3H3. The fraction of sp³-hybridized carbons (Fsp3) is 0.778. The third-order valence-corrected chi connectivity index (χ3v) is 1.93. The third-order valence-electron chi connectivity index (χ3n) is 1.93. The summed E-state index contributed by atoms with van der Waals surface area (Å²) in [6.07, 6.45) is 2.58. The highest BCUT2D eigenvalue weighted by Gasteiger charge is 2.12. The summed E-state index contributed by atoms with van der Waals surface area (Å²) in [6, 6.07) is 0. The number of rotatable bonds is 6. The lowest BCUT2D eigenvalue weighted by Gasteiger charge is -2.16. The van der Waals surface area contributed by atoms with Crippen LogP contribution in [0, 0.1) is 5.92 Å². The highest BCUT2D eigenvalue weighted by molar-refractivity contribution is 5.75. The molecule has 0 aromatic heterocycles. The summed E-state index contributed by atoms with van der Waals surface area (Å²) < 4.78 is 0. The molecule has 0 aliphatic rings. The molecule has 1 unspecified atom stereocenters. The Morgan fingerprint density at radius 3 is 2.69 bits per heavy atom. The van der Waals surface area contributed by atoms with Gasteiger partial charge in [0.1, 0.15) is 6.29 Å². The zero-order chi connectivity index (χ0) is 10.3. The Kier molecular flexibility index (Phi) is 6.14. The van der Waals surface area contributed by atoms with Gasteiger partial charge in [-0.2, -0.15) is 0 Å². The van der Waals surface area contributed by atoms with Gasteiger partial charge >= 0.3 is 0 Å². The molecule has 4 heteroatoms. The molecule has 0 fully saturated rings. The predicted octanol–water partition coefficient (Wildman–Crippen LogP) is 1.01. The van der Waals surface area contributed by atoms with Gasteiger partial charge < -0.3 is 4.79 Å². The Hall–Kier alpha value is -0.900. The molecule has 0 aliphatic carbocycles. The number of hydroxylamine groups is 2. The quantitative estimate of drug-likeness (QED) is 0.460. The SMILES string of the molecule is CON(C)C(=O)CC(C)CCC=O. The van der Waals surface area contributed by atoms with E-state index in [0.717, 1.165) is 12.7 Å². The van der Waals surface area contributed by atoms with Crippen molar-refractivity contribution in [2.75, 3.05) is 14.2 Å². The van der Waals surface area contributed by atoms with Crippen LogP contribution in [0.15, 0.2) is 0 Å². The van der Waals surface area contributed by atoms with Gasteiger partial charge in [0.2, 0.25) is 5.91 Å². The van der Waals surface area contributed by atoms with Crippen LogP contribution in [-0.4, -0.2) is 31.4 Å². The van der Waals surface area contributed by atoms with Crippen LogP contribution in [-0.2, 0) is 14.4 Å². The molecule has 1 atom stereocenters. The van der Waals surface area contributed by atoms with Gasteiger partial charge in [0, 0.05) is 19.9 Å². The van der Waals surface area contributed by atoms with Gasteiger partial charge in [-0.3, -0.25) is 9.63 Å². The van der Waals surface area contributed by atoms with E-state index in [9.17, 15) is 9.59 Å². The van der Waals surface area contributed by atoms with Crippen molar-refractivity contribution in [3.63, 3.8) is 0 Å². The first-order valence-electron chi connectivity index (χ1n) is 4.36. The summed E-state index contributed by atoms with van der Waals surface area (Å²) in [5.41, 5.74) is 0. The zero-order valence-corrected chi connectivity index (χ0v) is 8.45. The Balaban J connectivity index is 3.70. The Morgan fingerprint density at radius 2 is 2.23 bits per heavy atom. The molecule has 0 saturated carbocycles. The van der Waals surface area contributed by atoms with E-state index in [1.807, 2.05) is 6.92 Å². The first-order chi connectivity index (χ1) is 6.11. The van der Waals surface area contributed by atoms with Crippen LogP contribution < -0.4 is 0 Å². The number of hydrogen-bond donors (Lipinski definition) is 0. The topological polar surface area (TPSA) is 46.6 Å². The average Bonchev–Trinajstić information content (AvgIpc) is 2.13. The zero-order valence-electron chi connectivity index (χ0n) is 8.45. The maximum Gasteiger partial charge on any atom is 0.246 e. The molecular formula is C9H17NO3. The van der Waals surface area contributed by atoms with E-state index in [4.69, 9.17) is 4.84 Å². The molecule has 0 aliphatic heterocycles. The van der Waals surface area contributed by atoms with E-state index in [2.05, 4.69) is 0 Å². The number of carbonyl (C=O) groups is 2. The minimum absolute atomic E-state index is 0.0547. The average molecular weight is 187 g/mol. The number of hydrogen-bond acceptors (Lipinski definition) is 3. The van der Waals surface area contributed by atoms with Crippen molar-refractivity contribution in [3.05, 3.63) is 0 Å². The molecule has 0 radical (unpaired) electrons. The van der Waals surface area contributed by atoms with Crippen molar-refractivity contribution >= 4 is 12.2 Å². The maximum atomic E-state index is 11.3. The molecule has 0 heterocycles. The first-order valence-corrected chi connectivity index (χ1v) is 4.36. The van der Waals surface area contributed by atoms with Gasteiger partial charge in [-0.15, -0.1) is 0 Å². The normalized spacial score (nSPS) is 12.2. The first kappa shape index (κ1) is 12.1. The molecule has 0 aromatic rings. The van der Waals surface area contributed by atoms with Gasteiger partial charge in [-0.05, 0) is 12.3 Å². The number of aldehydes is 1. The lowest BCUT2D eigenvalue weighted by molar-refractivity contribution is -0.169. The van der Waals surface area contributed by atoms with Gasteiger partial charge in [0.05, 0.1) is 7.11 Å². The highest BCUT2D eigenvalue weighted by atomic mass is 16.7. The van der Waals surface area contributed by atoms with E-state index >= 15 is 0 Å². The summed E-state index contributed by atoms with van der Waals surface area (Å²) in [5, 5.41) is 1.21. The molecule has 0 rings (SSSR count). The number of carbonyl (C=O) groups excluding carboxylic acids is 2. The Morgan fingerprint density at radius 1 is 1.62 bits per heavy atom. The lowest BCUT2D eigenvalue weighted by atomic mass is 10.0. The van der Waals surface area contributed by atoms with Crippen LogP contribution >= 0.6 is 0 Å². The largest absolute Gasteiger partial charge is 0.303 e. The Labute approximate surface area is 78.8 Å². The molecular weight excluding hydrogens is 170 g/mol. The van der Waals surface area contributed by atoms with Crippen LogP contribution in [0.25, 0.3) is 0 Å². The fourth-order valence-corrected chi connectivity index (χ4v) is 0.983. The molecule has 0 spiro atoms. The summed E-state index contributed by atoms with van der Waals surface area (Å²) in [6.45, 7) is 1.95. The Bertz CT molecular complexity index is 170. The van der Waals surface area contributed by atoms with Crippen LogP contribution in [0.4, 0.5) is 0 Å². The number of amides is 1. The van der Waals surface area contributed by atoms with Crippen molar-refractivity contribution in [2.45, 2.75) is 26.2 Å². The monoisotopic (exact) mass is 187 g/mol. The second-order valence-electron chi connectivity index (χ2n) is 3.13.